The summed E-state index contributed by atoms with van der Waals surface area (Å²) < 4.78 is 31.8. The topological polar surface area (TPSA) is 43.0 Å². The number of furan rings is 1. The minimum Gasteiger partial charge on any atom is -0.464 e. The third-order valence-corrected chi connectivity index (χ3v) is 4.30. The van der Waals surface area contributed by atoms with E-state index in [0.29, 0.717) is 30.6 Å². The highest BCUT2D eigenvalue weighted by molar-refractivity contribution is 7.98. The molecule has 3 aromatic rings. The van der Waals surface area contributed by atoms with E-state index in [0.717, 1.165) is 12.3 Å². The first kappa shape index (κ1) is 17.7. The first-order valence-electron chi connectivity index (χ1n) is 7.92. The number of aromatic nitrogens is 2. The quantitative estimate of drug-likeness (QED) is 0.617. The van der Waals surface area contributed by atoms with Gasteiger partial charge in [-0.2, -0.15) is 13.9 Å². The summed E-state index contributed by atoms with van der Waals surface area (Å²) >= 11 is 0.567. The van der Waals surface area contributed by atoms with Gasteiger partial charge < -0.3 is 9.73 Å². The maximum Gasteiger partial charge on any atom is 0.284 e. The third-order valence-electron chi connectivity index (χ3n) is 3.59. The Bertz CT molecular complexity index is 774. The molecule has 0 aliphatic rings. The van der Waals surface area contributed by atoms with Gasteiger partial charge in [0.2, 0.25) is 0 Å². The lowest BCUT2D eigenvalue weighted by atomic mass is 10.1. The molecule has 7 heteroatoms. The summed E-state index contributed by atoms with van der Waals surface area (Å²) in [5.74, 6) is -0.866. The number of rotatable bonds is 9. The van der Waals surface area contributed by atoms with Crippen molar-refractivity contribution in [2.24, 2.45) is 0 Å². The van der Waals surface area contributed by atoms with Gasteiger partial charge in [0.05, 0.1) is 18.8 Å². The molecule has 1 aromatic carbocycles. The zero-order valence-corrected chi connectivity index (χ0v) is 14.4. The zero-order chi connectivity index (χ0) is 17.5. The molecule has 0 atom stereocenters. The Morgan fingerprint density at radius 2 is 1.92 bits per heavy atom. The van der Waals surface area contributed by atoms with E-state index in [4.69, 9.17) is 4.42 Å². The Balaban J connectivity index is 1.47. The summed E-state index contributed by atoms with van der Waals surface area (Å²) in [6.45, 7) is 2.00. The minimum absolute atomic E-state index is 0.188. The summed E-state index contributed by atoms with van der Waals surface area (Å²) in [5.41, 5.74) is 2.36. The molecule has 2 heterocycles. The molecule has 132 valence electrons. The molecule has 0 amide bonds. The molecule has 0 saturated carbocycles. The molecule has 1 N–H and O–H groups in total. The van der Waals surface area contributed by atoms with E-state index in [9.17, 15) is 8.78 Å². The fourth-order valence-corrected chi connectivity index (χ4v) is 2.93. The zero-order valence-electron chi connectivity index (χ0n) is 13.6. The van der Waals surface area contributed by atoms with E-state index >= 15 is 0 Å². The Morgan fingerprint density at radius 1 is 1.08 bits per heavy atom. The lowest BCUT2D eigenvalue weighted by Crippen LogP contribution is -2.12. The van der Waals surface area contributed by atoms with Gasteiger partial charge in [-0.15, -0.1) is 0 Å². The third kappa shape index (κ3) is 5.72. The molecule has 0 radical (unpaired) electrons. The fourth-order valence-electron chi connectivity index (χ4n) is 2.49. The standard InChI is InChI=1S/C18H19F2N3OS/c19-18(20)25-13-17-6-5-16(24-17)11-21-10-14-3-1-4-15(9-14)12-23-8-2-7-22-23/h1-9,18,21H,10-13H2. The number of hydrogen-bond acceptors (Lipinski definition) is 4. The molecule has 2 aromatic heterocycles. The van der Waals surface area contributed by atoms with Crippen molar-refractivity contribution < 1.29 is 13.2 Å². The van der Waals surface area contributed by atoms with Crippen molar-refractivity contribution in [3.05, 3.63) is 77.5 Å². The van der Waals surface area contributed by atoms with Gasteiger partial charge in [-0.25, -0.2) is 0 Å². The van der Waals surface area contributed by atoms with Crippen molar-refractivity contribution in [3.8, 4) is 0 Å². The fraction of sp³-hybridized carbons (Fsp3) is 0.278. The summed E-state index contributed by atoms with van der Waals surface area (Å²) in [4.78, 5) is 0. The number of hydrogen-bond donors (Lipinski definition) is 1. The highest BCUT2D eigenvalue weighted by Gasteiger charge is 2.07. The number of nitrogens with one attached hydrogen (secondary N) is 1. The Kier molecular flexibility index (Phi) is 6.25. The molecule has 25 heavy (non-hydrogen) atoms. The van der Waals surface area contributed by atoms with Crippen molar-refractivity contribution in [1.82, 2.24) is 15.1 Å². The smallest absolute Gasteiger partial charge is 0.284 e. The number of nitrogens with zero attached hydrogens (tertiary/aromatic N) is 2. The molecular formula is C18H19F2N3OS. The highest BCUT2D eigenvalue weighted by Crippen LogP contribution is 2.21. The van der Waals surface area contributed by atoms with Crippen molar-refractivity contribution in [2.45, 2.75) is 31.1 Å². The van der Waals surface area contributed by atoms with Crippen LogP contribution in [0.1, 0.15) is 22.6 Å². The van der Waals surface area contributed by atoms with Gasteiger partial charge in [0.1, 0.15) is 11.5 Å². The van der Waals surface area contributed by atoms with Gasteiger partial charge in [0.15, 0.2) is 0 Å². The Morgan fingerprint density at radius 3 is 2.72 bits per heavy atom. The van der Waals surface area contributed by atoms with Gasteiger partial charge in [0.25, 0.3) is 5.76 Å². The average molecular weight is 363 g/mol. The van der Waals surface area contributed by atoms with Gasteiger partial charge in [0, 0.05) is 18.9 Å². The minimum atomic E-state index is -2.37. The summed E-state index contributed by atoms with van der Waals surface area (Å²) in [7, 11) is 0. The van der Waals surface area contributed by atoms with Crippen LogP contribution in [-0.2, 0) is 25.4 Å². The maximum absolute atomic E-state index is 12.2. The second-order valence-corrected chi connectivity index (χ2v) is 6.55. The molecular weight excluding hydrogens is 344 g/mol. The summed E-state index contributed by atoms with van der Waals surface area (Å²) in [6.07, 6.45) is 3.70. The molecule has 0 saturated heterocycles. The molecule has 0 bridgehead atoms. The summed E-state index contributed by atoms with van der Waals surface area (Å²) in [6, 6.07) is 13.8. The van der Waals surface area contributed by atoms with Crippen LogP contribution in [0.15, 0.2) is 59.3 Å². The average Bonchev–Trinajstić information content (AvgIpc) is 3.25. The van der Waals surface area contributed by atoms with Crippen molar-refractivity contribution in [2.75, 3.05) is 0 Å². The lowest BCUT2D eigenvalue weighted by molar-refractivity contribution is 0.251. The van der Waals surface area contributed by atoms with Crippen LogP contribution in [0, 0.1) is 0 Å². The number of thioether (sulfide) groups is 1. The monoisotopic (exact) mass is 363 g/mol. The molecule has 3 rings (SSSR count). The Labute approximate surface area is 149 Å². The van der Waals surface area contributed by atoms with Gasteiger partial charge >= 0.3 is 0 Å². The molecule has 0 fully saturated rings. The number of benzene rings is 1. The number of alkyl halides is 2. The predicted octanol–water partition coefficient (Wildman–Crippen LogP) is 4.27. The van der Waals surface area contributed by atoms with E-state index in [1.807, 2.05) is 29.1 Å². The van der Waals surface area contributed by atoms with Gasteiger partial charge in [-0.05, 0) is 29.3 Å². The van der Waals surface area contributed by atoms with Crippen LogP contribution in [0.4, 0.5) is 8.78 Å². The van der Waals surface area contributed by atoms with Crippen LogP contribution in [0.5, 0.6) is 0 Å². The second-order valence-electron chi connectivity index (χ2n) is 5.57. The van der Waals surface area contributed by atoms with E-state index in [1.165, 1.54) is 11.1 Å². The second kappa shape index (κ2) is 8.82. The van der Waals surface area contributed by atoms with Gasteiger partial charge in [-0.1, -0.05) is 36.0 Å². The first-order chi connectivity index (χ1) is 12.2. The molecule has 0 aliphatic carbocycles. The number of halogens is 2. The van der Waals surface area contributed by atoms with Crippen LogP contribution in [0.2, 0.25) is 0 Å². The maximum atomic E-state index is 12.2. The van der Waals surface area contributed by atoms with Gasteiger partial charge in [-0.3, -0.25) is 4.68 Å². The normalized spacial score (nSPS) is 11.3. The molecule has 4 nitrogen and oxygen atoms in total. The van der Waals surface area contributed by atoms with E-state index < -0.39 is 5.76 Å². The Hall–Kier alpha value is -2.12. The highest BCUT2D eigenvalue weighted by atomic mass is 32.2. The summed E-state index contributed by atoms with van der Waals surface area (Å²) in [5, 5.41) is 7.52. The SMILES string of the molecule is FC(F)SCc1ccc(CNCc2cccc(Cn3cccn3)c2)o1. The van der Waals surface area contributed by atoms with Crippen LogP contribution in [0.25, 0.3) is 0 Å². The van der Waals surface area contributed by atoms with E-state index in [-0.39, 0.29) is 5.75 Å². The van der Waals surface area contributed by atoms with Crippen molar-refractivity contribution in [1.29, 1.82) is 0 Å². The van der Waals surface area contributed by atoms with Crippen molar-refractivity contribution >= 4 is 11.8 Å². The van der Waals surface area contributed by atoms with Crippen LogP contribution >= 0.6 is 11.8 Å². The van der Waals surface area contributed by atoms with Crippen LogP contribution in [-0.4, -0.2) is 15.5 Å². The van der Waals surface area contributed by atoms with Crippen molar-refractivity contribution in [3.63, 3.8) is 0 Å². The van der Waals surface area contributed by atoms with Crippen LogP contribution in [0.3, 0.4) is 0 Å². The van der Waals surface area contributed by atoms with E-state index in [2.05, 4.69) is 28.6 Å². The molecule has 0 spiro atoms. The lowest BCUT2D eigenvalue weighted by Gasteiger charge is -2.07. The first-order valence-corrected chi connectivity index (χ1v) is 8.97. The van der Waals surface area contributed by atoms with E-state index in [1.54, 1.807) is 12.3 Å². The largest absolute Gasteiger partial charge is 0.464 e. The molecule has 0 unspecified atom stereocenters. The van der Waals surface area contributed by atoms with Crippen LogP contribution < -0.4 is 5.32 Å². The predicted molar refractivity (Wildman–Crippen MR) is 94.3 cm³/mol. The molecule has 0 aliphatic heterocycles.